The van der Waals surface area contributed by atoms with Crippen LogP contribution in [0, 0.1) is 0 Å². The molecule has 2 aromatic carbocycles. The van der Waals surface area contributed by atoms with E-state index in [-0.39, 0.29) is 11.6 Å². The SMILES string of the molecule is O=C(Nc1cccc(-c2ccc3nncn3n2)c1)c1cnn(-c2ccccc2)n1. The number of nitrogens with zero attached hydrogens (tertiary/aromatic N) is 7. The zero-order valence-corrected chi connectivity index (χ0v) is 15.0. The van der Waals surface area contributed by atoms with Crippen molar-refractivity contribution in [3.8, 4) is 16.9 Å². The lowest BCUT2D eigenvalue weighted by atomic mass is 10.1. The van der Waals surface area contributed by atoms with Crippen molar-refractivity contribution < 1.29 is 4.79 Å². The van der Waals surface area contributed by atoms with Gasteiger partial charge in [-0.05, 0) is 36.4 Å². The van der Waals surface area contributed by atoms with Crippen LogP contribution < -0.4 is 5.32 Å². The summed E-state index contributed by atoms with van der Waals surface area (Å²) >= 11 is 0. The van der Waals surface area contributed by atoms with Crippen molar-refractivity contribution in [1.82, 2.24) is 34.8 Å². The highest BCUT2D eigenvalue weighted by molar-refractivity contribution is 6.02. The molecule has 0 aliphatic rings. The number of anilines is 1. The number of carbonyl (C=O) groups is 1. The second kappa shape index (κ2) is 6.97. The fourth-order valence-electron chi connectivity index (χ4n) is 2.89. The Morgan fingerprint density at radius 1 is 0.931 bits per heavy atom. The molecule has 5 rings (SSSR count). The molecule has 29 heavy (non-hydrogen) atoms. The van der Waals surface area contributed by atoms with Gasteiger partial charge in [0.2, 0.25) is 0 Å². The Morgan fingerprint density at radius 2 is 1.83 bits per heavy atom. The molecule has 0 bridgehead atoms. The second-order valence-corrected chi connectivity index (χ2v) is 6.24. The molecule has 3 aromatic heterocycles. The van der Waals surface area contributed by atoms with Gasteiger partial charge in [-0.15, -0.1) is 15.3 Å². The minimum atomic E-state index is -0.341. The lowest BCUT2D eigenvalue weighted by molar-refractivity contribution is 0.102. The number of fused-ring (bicyclic) bond motifs is 1. The molecule has 1 amide bonds. The van der Waals surface area contributed by atoms with E-state index in [0.717, 1.165) is 16.9 Å². The molecule has 0 aliphatic carbocycles. The summed E-state index contributed by atoms with van der Waals surface area (Å²) in [5.41, 5.74) is 3.90. The Bertz CT molecular complexity index is 1310. The maximum Gasteiger partial charge on any atom is 0.277 e. The van der Waals surface area contributed by atoms with Gasteiger partial charge in [-0.25, -0.2) is 0 Å². The van der Waals surface area contributed by atoms with Crippen molar-refractivity contribution in [3.05, 3.63) is 84.9 Å². The van der Waals surface area contributed by atoms with Crippen molar-refractivity contribution in [2.24, 2.45) is 0 Å². The van der Waals surface area contributed by atoms with Gasteiger partial charge >= 0.3 is 0 Å². The molecule has 3 heterocycles. The van der Waals surface area contributed by atoms with E-state index >= 15 is 0 Å². The molecule has 0 radical (unpaired) electrons. The first kappa shape index (κ1) is 16.8. The number of benzene rings is 2. The highest BCUT2D eigenvalue weighted by Crippen LogP contribution is 2.21. The van der Waals surface area contributed by atoms with Crippen molar-refractivity contribution in [3.63, 3.8) is 0 Å². The zero-order chi connectivity index (χ0) is 19.6. The van der Waals surface area contributed by atoms with Crippen molar-refractivity contribution >= 4 is 17.2 Å². The predicted molar refractivity (Wildman–Crippen MR) is 106 cm³/mol. The van der Waals surface area contributed by atoms with Crippen LogP contribution in [0.3, 0.4) is 0 Å². The topological polar surface area (TPSA) is 103 Å². The first-order valence-electron chi connectivity index (χ1n) is 8.83. The Hall–Kier alpha value is -4.40. The van der Waals surface area contributed by atoms with Gasteiger partial charge in [-0.3, -0.25) is 4.79 Å². The first-order valence-corrected chi connectivity index (χ1v) is 8.83. The standard InChI is InChI=1S/C20H14N8O/c29-20(18-12-22-28(26-18)16-7-2-1-3-8-16)23-15-6-4-5-14(11-15)17-9-10-19-24-21-13-27(19)25-17/h1-13H,(H,23,29). The maximum absolute atomic E-state index is 12.6. The molecule has 9 heteroatoms. The van der Waals surface area contributed by atoms with Crippen molar-refractivity contribution in [2.75, 3.05) is 5.32 Å². The third-order valence-electron chi connectivity index (χ3n) is 4.29. The quantitative estimate of drug-likeness (QED) is 0.513. The fourth-order valence-corrected chi connectivity index (χ4v) is 2.89. The predicted octanol–water partition coefficient (Wildman–Crippen LogP) is 2.62. The normalized spacial score (nSPS) is 10.9. The van der Waals surface area contributed by atoms with Crippen molar-refractivity contribution in [1.29, 1.82) is 0 Å². The van der Waals surface area contributed by atoms with Crippen LogP contribution in [0.25, 0.3) is 22.6 Å². The fraction of sp³-hybridized carbons (Fsp3) is 0. The number of carbonyl (C=O) groups excluding carboxylic acids is 1. The number of amides is 1. The van der Waals surface area contributed by atoms with Crippen LogP contribution >= 0.6 is 0 Å². The van der Waals surface area contributed by atoms with E-state index in [9.17, 15) is 4.79 Å². The van der Waals surface area contributed by atoms with Crippen LogP contribution in [0.15, 0.2) is 79.3 Å². The number of para-hydroxylation sites is 1. The van der Waals surface area contributed by atoms with Crippen LogP contribution in [0.4, 0.5) is 5.69 Å². The minimum Gasteiger partial charge on any atom is -0.321 e. The van der Waals surface area contributed by atoms with Gasteiger partial charge in [-0.2, -0.15) is 19.5 Å². The molecular formula is C20H14N8O. The maximum atomic E-state index is 12.6. The lowest BCUT2D eigenvalue weighted by Gasteiger charge is -2.06. The second-order valence-electron chi connectivity index (χ2n) is 6.24. The molecule has 9 nitrogen and oxygen atoms in total. The Balaban J connectivity index is 1.37. The number of hydrogen-bond acceptors (Lipinski definition) is 6. The number of hydrogen-bond donors (Lipinski definition) is 1. The molecule has 140 valence electrons. The van der Waals surface area contributed by atoms with Gasteiger partial charge in [0.25, 0.3) is 5.91 Å². The van der Waals surface area contributed by atoms with Gasteiger partial charge < -0.3 is 5.32 Å². The molecule has 0 fully saturated rings. The first-order chi connectivity index (χ1) is 14.3. The van der Waals surface area contributed by atoms with Crippen LogP contribution in [0.1, 0.15) is 10.5 Å². The summed E-state index contributed by atoms with van der Waals surface area (Å²) in [7, 11) is 0. The smallest absolute Gasteiger partial charge is 0.277 e. The third-order valence-corrected chi connectivity index (χ3v) is 4.29. The average molecular weight is 382 g/mol. The molecule has 5 aromatic rings. The molecule has 0 spiro atoms. The molecular weight excluding hydrogens is 368 g/mol. The summed E-state index contributed by atoms with van der Waals surface area (Å²) in [4.78, 5) is 14.0. The summed E-state index contributed by atoms with van der Waals surface area (Å²) in [5.74, 6) is -0.341. The zero-order valence-electron chi connectivity index (χ0n) is 15.0. The summed E-state index contributed by atoms with van der Waals surface area (Å²) in [6.45, 7) is 0. The Labute approximate surface area is 164 Å². The van der Waals surface area contributed by atoms with E-state index < -0.39 is 0 Å². The van der Waals surface area contributed by atoms with Crippen LogP contribution in [0.5, 0.6) is 0 Å². The Kier molecular flexibility index (Phi) is 4.02. The summed E-state index contributed by atoms with van der Waals surface area (Å²) in [6, 6.07) is 20.5. The minimum absolute atomic E-state index is 0.225. The monoisotopic (exact) mass is 382 g/mol. The number of rotatable bonds is 4. The van der Waals surface area contributed by atoms with Gasteiger partial charge in [0.1, 0.15) is 6.33 Å². The van der Waals surface area contributed by atoms with Crippen molar-refractivity contribution in [2.45, 2.75) is 0 Å². The van der Waals surface area contributed by atoms with Gasteiger partial charge in [0, 0.05) is 11.3 Å². The highest BCUT2D eigenvalue weighted by Gasteiger charge is 2.12. The van der Waals surface area contributed by atoms with Gasteiger partial charge in [-0.1, -0.05) is 30.3 Å². The largest absolute Gasteiger partial charge is 0.321 e. The summed E-state index contributed by atoms with van der Waals surface area (Å²) in [5, 5.41) is 23.5. The number of aromatic nitrogens is 7. The molecule has 0 atom stereocenters. The average Bonchev–Trinajstić information content (AvgIpc) is 3.44. The highest BCUT2D eigenvalue weighted by atomic mass is 16.2. The van der Waals surface area contributed by atoms with E-state index in [1.54, 1.807) is 16.9 Å². The molecule has 0 saturated heterocycles. The van der Waals surface area contributed by atoms with E-state index in [1.807, 2.05) is 60.7 Å². The van der Waals surface area contributed by atoms with Crippen LogP contribution in [-0.4, -0.2) is 40.7 Å². The summed E-state index contributed by atoms with van der Waals surface area (Å²) < 4.78 is 1.60. The number of nitrogens with one attached hydrogen (secondary N) is 1. The molecule has 0 aliphatic heterocycles. The lowest BCUT2D eigenvalue weighted by Crippen LogP contribution is -2.13. The van der Waals surface area contributed by atoms with Gasteiger partial charge in [0.15, 0.2) is 11.3 Å². The van der Waals surface area contributed by atoms with Gasteiger partial charge in [0.05, 0.1) is 17.6 Å². The molecule has 0 saturated carbocycles. The van der Waals surface area contributed by atoms with E-state index in [2.05, 4.69) is 30.8 Å². The summed E-state index contributed by atoms with van der Waals surface area (Å²) in [6.07, 6.45) is 2.98. The molecule has 0 unspecified atom stereocenters. The third kappa shape index (κ3) is 3.32. The Morgan fingerprint density at radius 3 is 2.72 bits per heavy atom. The van der Waals surface area contributed by atoms with Crippen LogP contribution in [-0.2, 0) is 0 Å². The van der Waals surface area contributed by atoms with Crippen LogP contribution in [0.2, 0.25) is 0 Å². The van der Waals surface area contributed by atoms with E-state index in [4.69, 9.17) is 0 Å². The van der Waals surface area contributed by atoms with E-state index in [1.165, 1.54) is 11.0 Å². The molecule has 1 N–H and O–H groups in total. The van der Waals surface area contributed by atoms with E-state index in [0.29, 0.717) is 11.3 Å².